The average Bonchev–Trinajstić information content (AvgIpc) is 4.05. The fourth-order valence-corrected chi connectivity index (χ4v) is 9.18. The summed E-state index contributed by atoms with van der Waals surface area (Å²) < 4.78 is 15.3. The van der Waals surface area contributed by atoms with Crippen LogP contribution in [0.2, 0.25) is 0 Å². The van der Waals surface area contributed by atoms with E-state index in [-0.39, 0.29) is 47.9 Å². The molecule has 1 spiro atoms. The van der Waals surface area contributed by atoms with Crippen molar-refractivity contribution < 1.29 is 38.2 Å². The van der Waals surface area contributed by atoms with Crippen LogP contribution in [0.25, 0.3) is 33.6 Å². The van der Waals surface area contributed by atoms with Crippen molar-refractivity contribution in [1.29, 1.82) is 0 Å². The van der Waals surface area contributed by atoms with Gasteiger partial charge in [-0.25, -0.2) is 24.6 Å². The number of benzene rings is 2. The number of carbonyl (C=O) groups excluding carboxylic acids is 5. The maximum Gasteiger partial charge on any atom is 0.407 e. The van der Waals surface area contributed by atoms with Crippen LogP contribution in [-0.4, -0.2) is 117 Å². The molecule has 6 heterocycles. The van der Waals surface area contributed by atoms with Gasteiger partial charge in [0, 0.05) is 32.7 Å². The molecule has 2 aromatic heterocycles. The van der Waals surface area contributed by atoms with E-state index in [1.807, 2.05) is 61.3 Å². The van der Waals surface area contributed by atoms with Gasteiger partial charge < -0.3 is 39.7 Å². The van der Waals surface area contributed by atoms with E-state index in [0.29, 0.717) is 50.8 Å². The van der Waals surface area contributed by atoms with Crippen LogP contribution >= 0.6 is 0 Å². The summed E-state index contributed by atoms with van der Waals surface area (Å²) in [5.41, 5.74) is 5.41. The lowest BCUT2D eigenvalue weighted by atomic mass is 9.78. The Kier molecular flexibility index (Phi) is 11.8. The Hall–Kier alpha value is -6.23. The minimum atomic E-state index is -0.887. The number of alkyl carbamates (subject to hydrolysis) is 2. The fourth-order valence-electron chi connectivity index (χ4n) is 9.18. The van der Waals surface area contributed by atoms with Gasteiger partial charge in [-0.05, 0) is 72.1 Å². The predicted molar refractivity (Wildman–Crippen MR) is 222 cm³/mol. The zero-order chi connectivity index (χ0) is 42.8. The van der Waals surface area contributed by atoms with E-state index in [1.54, 1.807) is 6.20 Å². The van der Waals surface area contributed by atoms with Crippen LogP contribution < -0.4 is 10.6 Å². The molecule has 61 heavy (non-hydrogen) atoms. The molecule has 8 rings (SSSR count). The summed E-state index contributed by atoms with van der Waals surface area (Å²) in [5, 5.41) is 8.29. The molecule has 0 radical (unpaired) electrons. The van der Waals surface area contributed by atoms with Crippen LogP contribution in [0.5, 0.6) is 0 Å². The number of aromatic nitrogens is 4. The number of carbonyl (C=O) groups is 5. The van der Waals surface area contributed by atoms with Gasteiger partial charge >= 0.3 is 12.2 Å². The predicted octanol–water partition coefficient (Wildman–Crippen LogP) is 5.51. The molecule has 0 bridgehead atoms. The summed E-state index contributed by atoms with van der Waals surface area (Å²) in [7, 11) is 2.53. The highest BCUT2D eigenvalue weighted by atomic mass is 16.5. The molecular weight excluding hydrogens is 783 g/mol. The third-order valence-electron chi connectivity index (χ3n) is 12.6. The van der Waals surface area contributed by atoms with Crippen molar-refractivity contribution in [3.05, 3.63) is 72.6 Å². The molecule has 4 aliphatic rings. The summed E-state index contributed by atoms with van der Waals surface area (Å²) >= 11 is 0. The summed E-state index contributed by atoms with van der Waals surface area (Å²) in [6, 6.07) is 13.9. The van der Waals surface area contributed by atoms with E-state index in [9.17, 15) is 24.0 Å². The standard InChI is InChI=1S/C44H53N9O8/c1-26(2)37(50-43(58)60-4)41(56)51-25-44(17-20-61-21-18-44)22-35(51)39-46-24-33(48-39)30-13-9-28(10-14-30)27-7-11-29(12-8-27)32-23-45-38(47-32)34-6-5-19-52-36(54)16-15-31(40(55)53(34)52)49-42(57)59-3/h7-14,23-24,26,31,34-35,37H,5-6,15-22,25H2,1-4H3,(H,45,47)(H,46,48)(H,49,57)(H,50,58)/t31-,34-,35?,37?/m0/s1. The number of aromatic amines is 2. The Morgan fingerprint density at radius 1 is 0.820 bits per heavy atom. The van der Waals surface area contributed by atoms with Gasteiger partial charge in [0.2, 0.25) is 11.8 Å². The highest BCUT2D eigenvalue weighted by Crippen LogP contribution is 2.49. The van der Waals surface area contributed by atoms with Crippen molar-refractivity contribution in [1.82, 2.24) is 45.5 Å². The minimum Gasteiger partial charge on any atom is -0.453 e. The Morgan fingerprint density at radius 2 is 1.39 bits per heavy atom. The number of nitrogens with zero attached hydrogens (tertiary/aromatic N) is 5. The number of fused-ring (bicyclic) bond motifs is 1. The zero-order valence-electron chi connectivity index (χ0n) is 34.9. The Balaban J connectivity index is 0.965. The second-order valence-electron chi connectivity index (χ2n) is 16.8. The molecule has 0 saturated carbocycles. The number of amides is 5. The lowest BCUT2D eigenvalue weighted by Gasteiger charge is -2.42. The second kappa shape index (κ2) is 17.4. The van der Waals surface area contributed by atoms with Crippen LogP contribution in [0, 0.1) is 11.3 Å². The maximum absolute atomic E-state index is 14.1. The van der Waals surface area contributed by atoms with Crippen LogP contribution in [0.4, 0.5) is 9.59 Å². The van der Waals surface area contributed by atoms with E-state index in [4.69, 9.17) is 19.2 Å². The van der Waals surface area contributed by atoms with E-state index >= 15 is 0 Å². The Bertz CT molecular complexity index is 2250. The number of hydrogen-bond acceptors (Lipinski definition) is 10. The number of hydrogen-bond donors (Lipinski definition) is 4. The zero-order valence-corrected chi connectivity index (χ0v) is 34.9. The molecule has 4 saturated heterocycles. The molecule has 0 aliphatic carbocycles. The largest absolute Gasteiger partial charge is 0.453 e. The molecule has 4 atom stereocenters. The van der Waals surface area contributed by atoms with Gasteiger partial charge in [0.25, 0.3) is 5.91 Å². The number of methoxy groups -OCH3 is 2. The van der Waals surface area contributed by atoms with Crippen LogP contribution in [0.3, 0.4) is 0 Å². The van der Waals surface area contributed by atoms with Gasteiger partial charge in [-0.3, -0.25) is 19.4 Å². The van der Waals surface area contributed by atoms with Gasteiger partial charge in [0.05, 0.1) is 44.0 Å². The number of H-pyrrole nitrogens is 2. The summed E-state index contributed by atoms with van der Waals surface area (Å²) in [6.45, 7) is 6.10. The molecular formula is C44H53N9O8. The topological polar surface area (TPSA) is 204 Å². The molecule has 2 unspecified atom stereocenters. The second-order valence-corrected chi connectivity index (χ2v) is 16.8. The van der Waals surface area contributed by atoms with Gasteiger partial charge in [-0.1, -0.05) is 62.4 Å². The van der Waals surface area contributed by atoms with Crippen molar-refractivity contribution in [3.8, 4) is 33.6 Å². The molecule has 2 aromatic carbocycles. The SMILES string of the molecule is COC(=O)NC(C(=O)N1CC2(CCOCC2)CC1c1ncc(-c2ccc(-c3ccc(-c4cnc([C@@H]5CCCN6C(=O)CC[C@H](NC(=O)OC)C(=O)N56)[nH]4)cc3)cc2)[nH]1)C(C)C. The Labute approximate surface area is 353 Å². The normalized spacial score (nSPS) is 21.9. The Morgan fingerprint density at radius 3 is 1.97 bits per heavy atom. The maximum atomic E-state index is 14.1. The van der Waals surface area contributed by atoms with Crippen LogP contribution in [0.1, 0.15) is 82.5 Å². The lowest BCUT2D eigenvalue weighted by molar-refractivity contribution is -0.174. The molecule has 4 fully saturated rings. The van der Waals surface area contributed by atoms with Gasteiger partial charge in [0.15, 0.2) is 0 Å². The summed E-state index contributed by atoms with van der Waals surface area (Å²) in [6.07, 6.45) is 6.26. The van der Waals surface area contributed by atoms with Crippen LogP contribution in [0.15, 0.2) is 60.9 Å². The molecule has 17 nitrogen and oxygen atoms in total. The molecule has 5 amide bonds. The summed E-state index contributed by atoms with van der Waals surface area (Å²) in [5.74, 6) is 0.434. The smallest absolute Gasteiger partial charge is 0.407 e. The van der Waals surface area contributed by atoms with Crippen molar-refractivity contribution in [2.75, 3.05) is 40.5 Å². The fraction of sp³-hybridized carbons (Fsp3) is 0.477. The highest BCUT2D eigenvalue weighted by molar-refractivity contribution is 5.91. The quantitative estimate of drug-likeness (QED) is 0.167. The molecule has 4 aliphatic heterocycles. The number of likely N-dealkylation sites (tertiary alicyclic amines) is 1. The van der Waals surface area contributed by atoms with Gasteiger partial charge in [-0.15, -0.1) is 0 Å². The van der Waals surface area contributed by atoms with Gasteiger partial charge in [-0.2, -0.15) is 0 Å². The van der Waals surface area contributed by atoms with Crippen molar-refractivity contribution in [3.63, 3.8) is 0 Å². The molecule has 4 N–H and O–H groups in total. The number of rotatable bonds is 9. The highest BCUT2D eigenvalue weighted by Gasteiger charge is 2.50. The number of ether oxygens (including phenoxy) is 3. The first-order chi connectivity index (χ1) is 29.5. The van der Waals surface area contributed by atoms with E-state index in [0.717, 1.165) is 52.9 Å². The van der Waals surface area contributed by atoms with Gasteiger partial charge in [0.1, 0.15) is 29.8 Å². The third-order valence-corrected chi connectivity index (χ3v) is 12.6. The molecule has 4 aromatic rings. The first-order valence-corrected chi connectivity index (χ1v) is 21.0. The first kappa shape index (κ1) is 41.5. The number of nitrogens with one attached hydrogen (secondary N) is 4. The van der Waals surface area contributed by atoms with Crippen molar-refractivity contribution >= 4 is 29.9 Å². The monoisotopic (exact) mass is 835 g/mol. The average molecular weight is 836 g/mol. The van der Waals surface area contributed by atoms with Crippen LogP contribution in [-0.2, 0) is 28.6 Å². The minimum absolute atomic E-state index is 0.0863. The van der Waals surface area contributed by atoms with E-state index in [2.05, 4.69) is 37.7 Å². The molecule has 17 heteroatoms. The first-order valence-electron chi connectivity index (χ1n) is 21.0. The van der Waals surface area contributed by atoms with Crippen molar-refractivity contribution in [2.24, 2.45) is 11.3 Å². The third kappa shape index (κ3) is 8.43. The number of imidazole rings is 2. The van der Waals surface area contributed by atoms with E-state index in [1.165, 1.54) is 24.2 Å². The number of hydrazine groups is 1. The molecule has 322 valence electrons. The lowest BCUT2D eigenvalue weighted by Crippen LogP contribution is -2.57. The summed E-state index contributed by atoms with van der Waals surface area (Å²) in [4.78, 5) is 83.4. The van der Waals surface area contributed by atoms with Crippen molar-refractivity contribution in [2.45, 2.75) is 83.0 Å². The van der Waals surface area contributed by atoms with E-state index < -0.39 is 30.3 Å².